The van der Waals surface area contributed by atoms with Gasteiger partial charge in [0.05, 0.1) is 26.3 Å². The van der Waals surface area contributed by atoms with E-state index in [1.165, 1.54) is 21.8 Å². The van der Waals surface area contributed by atoms with Gasteiger partial charge in [-0.3, -0.25) is 9.69 Å². The number of anilines is 1. The minimum atomic E-state index is -0.108. The van der Waals surface area contributed by atoms with Crippen LogP contribution in [-0.2, 0) is 4.79 Å². The molecule has 1 aliphatic heterocycles. The third kappa shape index (κ3) is 2.47. The molecule has 1 aromatic carbocycles. The van der Waals surface area contributed by atoms with Crippen LogP contribution >= 0.6 is 46.4 Å². The average molecular weight is 390 g/mol. The molecule has 5 nitrogen and oxygen atoms in total. The molecule has 118 valence electrons. The van der Waals surface area contributed by atoms with Gasteiger partial charge < -0.3 is 0 Å². The summed E-state index contributed by atoms with van der Waals surface area (Å²) in [7, 11) is 0. The van der Waals surface area contributed by atoms with E-state index in [-0.39, 0.29) is 43.3 Å². The Labute approximate surface area is 151 Å². The summed E-state index contributed by atoms with van der Waals surface area (Å²) in [5.41, 5.74) is 0.509. The molecule has 1 atom stereocenters. The number of aromatic nitrogens is 2. The molecule has 1 amide bonds. The first-order chi connectivity index (χ1) is 10.9. The first-order valence-electron chi connectivity index (χ1n) is 6.50. The fraction of sp³-hybridized carbons (Fsp3) is 0.214. The smallest absolute Gasteiger partial charge is 0.230 e. The summed E-state index contributed by atoms with van der Waals surface area (Å²) in [5.74, 6) is 0.210. The predicted molar refractivity (Wildman–Crippen MR) is 89.9 cm³/mol. The van der Waals surface area contributed by atoms with Gasteiger partial charge in [-0.1, -0.05) is 46.4 Å². The number of benzene rings is 1. The Morgan fingerprint density at radius 1 is 1.26 bits per heavy atom. The Kier molecular flexibility index (Phi) is 4.19. The van der Waals surface area contributed by atoms with Crippen LogP contribution in [-0.4, -0.2) is 21.7 Å². The Morgan fingerprint density at radius 3 is 2.52 bits per heavy atom. The lowest BCUT2D eigenvalue weighted by Crippen LogP contribution is -2.52. The number of halogens is 4. The van der Waals surface area contributed by atoms with Gasteiger partial charge in [0.2, 0.25) is 5.91 Å². The molecule has 2 aromatic rings. The lowest BCUT2D eigenvalue weighted by atomic mass is 10.0. The Balaban J connectivity index is 2.28. The summed E-state index contributed by atoms with van der Waals surface area (Å²) >= 11 is 24.5. The van der Waals surface area contributed by atoms with Crippen molar-refractivity contribution in [1.82, 2.24) is 9.78 Å². The molecule has 1 aromatic heterocycles. The summed E-state index contributed by atoms with van der Waals surface area (Å²) in [6.45, 7) is 1.87. The maximum atomic E-state index is 11.9. The quantitative estimate of drug-likeness (QED) is 0.432. The number of carbonyl (C=O) groups excluding carboxylic acids is 1. The van der Waals surface area contributed by atoms with Gasteiger partial charge in [0.1, 0.15) is 17.3 Å². The zero-order chi connectivity index (χ0) is 16.9. The van der Waals surface area contributed by atoms with E-state index in [4.69, 9.17) is 46.4 Å². The number of hydrogen-bond donors (Lipinski definition) is 0. The van der Waals surface area contributed by atoms with Gasteiger partial charge in [-0.2, -0.15) is 10.4 Å². The number of carbonyl (C=O) groups is 1. The predicted octanol–water partition coefficient (Wildman–Crippen LogP) is 4.48. The van der Waals surface area contributed by atoms with Crippen molar-refractivity contribution < 1.29 is 4.79 Å². The monoisotopic (exact) mass is 388 g/mol. The number of nitrogens with zero attached hydrogens (tertiary/aromatic N) is 4. The van der Waals surface area contributed by atoms with Crippen LogP contribution in [0.25, 0.3) is 5.69 Å². The highest BCUT2D eigenvalue weighted by molar-refractivity contribution is 6.50. The second-order valence-electron chi connectivity index (χ2n) is 5.04. The Morgan fingerprint density at radius 2 is 1.96 bits per heavy atom. The molecule has 1 saturated heterocycles. The van der Waals surface area contributed by atoms with E-state index in [0.717, 1.165) is 0 Å². The second kappa shape index (κ2) is 5.88. The van der Waals surface area contributed by atoms with Gasteiger partial charge in [0.25, 0.3) is 0 Å². The van der Waals surface area contributed by atoms with Crippen molar-refractivity contribution in [1.29, 1.82) is 5.26 Å². The minimum absolute atomic E-state index is 0.0506. The molecule has 0 saturated carbocycles. The van der Waals surface area contributed by atoms with Crippen molar-refractivity contribution >= 4 is 58.1 Å². The number of nitriles is 1. The molecule has 0 aliphatic carbocycles. The third-order valence-electron chi connectivity index (χ3n) is 3.57. The van der Waals surface area contributed by atoms with Crippen molar-refractivity contribution in [3.05, 3.63) is 37.9 Å². The van der Waals surface area contributed by atoms with Gasteiger partial charge in [0, 0.05) is 12.5 Å². The number of amides is 1. The van der Waals surface area contributed by atoms with Crippen LogP contribution in [0.5, 0.6) is 0 Å². The fourth-order valence-corrected chi connectivity index (χ4v) is 3.54. The molecule has 1 unspecified atom stereocenters. The minimum Gasteiger partial charge on any atom is -0.292 e. The van der Waals surface area contributed by atoms with Gasteiger partial charge >= 0.3 is 0 Å². The summed E-state index contributed by atoms with van der Waals surface area (Å²) < 4.78 is 1.35. The van der Waals surface area contributed by atoms with Crippen LogP contribution in [0, 0.1) is 11.3 Å². The average Bonchev–Trinajstić information content (AvgIpc) is 2.88. The zero-order valence-electron chi connectivity index (χ0n) is 11.6. The Bertz CT molecular complexity index is 871. The van der Waals surface area contributed by atoms with Crippen LogP contribution < -0.4 is 4.90 Å². The first-order valence-corrected chi connectivity index (χ1v) is 8.01. The van der Waals surface area contributed by atoms with Crippen molar-refractivity contribution in [2.24, 2.45) is 0 Å². The maximum Gasteiger partial charge on any atom is 0.230 e. The standard InChI is InChI=1S/C14H8Cl4N4O/c1-6-2-10(23)21(6)14-7(4-19)5-20-22(14)13-9(16)3-8(15)11(17)12(13)18/h3,5-6H,2H2,1H3. The molecule has 3 rings (SSSR count). The van der Waals surface area contributed by atoms with Crippen LogP contribution in [0.4, 0.5) is 5.82 Å². The molecule has 0 bridgehead atoms. The molecule has 9 heteroatoms. The van der Waals surface area contributed by atoms with E-state index in [9.17, 15) is 10.1 Å². The maximum absolute atomic E-state index is 11.9. The lowest BCUT2D eigenvalue weighted by Gasteiger charge is -2.38. The normalized spacial score (nSPS) is 17.1. The SMILES string of the molecule is CC1CC(=O)N1c1c(C#N)cnn1-c1c(Cl)cc(Cl)c(Cl)c1Cl. The largest absolute Gasteiger partial charge is 0.292 e. The Hall–Kier alpha value is -1.45. The van der Waals surface area contributed by atoms with Gasteiger partial charge in [0.15, 0.2) is 5.82 Å². The molecule has 23 heavy (non-hydrogen) atoms. The topological polar surface area (TPSA) is 61.9 Å². The van der Waals surface area contributed by atoms with Crippen LogP contribution in [0.1, 0.15) is 18.9 Å². The van der Waals surface area contributed by atoms with E-state index in [1.54, 1.807) is 0 Å². The van der Waals surface area contributed by atoms with Crippen molar-refractivity contribution in [2.45, 2.75) is 19.4 Å². The van der Waals surface area contributed by atoms with E-state index >= 15 is 0 Å². The van der Waals surface area contributed by atoms with E-state index in [0.29, 0.717) is 12.2 Å². The van der Waals surface area contributed by atoms with Crippen LogP contribution in [0.2, 0.25) is 20.1 Å². The van der Waals surface area contributed by atoms with E-state index < -0.39 is 0 Å². The molecule has 0 spiro atoms. The number of hydrogen-bond acceptors (Lipinski definition) is 3. The third-order valence-corrected chi connectivity index (χ3v) is 5.11. The fourth-order valence-electron chi connectivity index (χ4n) is 2.47. The van der Waals surface area contributed by atoms with Crippen molar-refractivity contribution in [2.75, 3.05) is 4.90 Å². The summed E-state index contributed by atoms with van der Waals surface area (Å²) in [4.78, 5) is 13.4. The first kappa shape index (κ1) is 16.4. The van der Waals surface area contributed by atoms with Crippen molar-refractivity contribution in [3.63, 3.8) is 0 Å². The molecule has 0 N–H and O–H groups in total. The summed E-state index contributed by atoms with van der Waals surface area (Å²) in [6.07, 6.45) is 1.75. The lowest BCUT2D eigenvalue weighted by molar-refractivity contribution is -0.123. The molecular weight excluding hydrogens is 382 g/mol. The molecule has 0 radical (unpaired) electrons. The van der Waals surface area contributed by atoms with Crippen molar-refractivity contribution in [3.8, 4) is 11.8 Å². The number of rotatable bonds is 2. The van der Waals surface area contributed by atoms with Crippen LogP contribution in [0.3, 0.4) is 0 Å². The zero-order valence-corrected chi connectivity index (χ0v) is 14.7. The molecular formula is C14H8Cl4N4O. The van der Waals surface area contributed by atoms with Gasteiger partial charge in [-0.25, -0.2) is 4.68 Å². The highest BCUT2D eigenvalue weighted by Gasteiger charge is 2.38. The highest BCUT2D eigenvalue weighted by atomic mass is 35.5. The van der Waals surface area contributed by atoms with E-state index in [2.05, 4.69) is 5.10 Å². The van der Waals surface area contributed by atoms with Gasteiger partial charge in [-0.05, 0) is 13.0 Å². The molecule has 1 fully saturated rings. The summed E-state index contributed by atoms with van der Waals surface area (Å²) in [5, 5.41) is 14.1. The van der Waals surface area contributed by atoms with Crippen LogP contribution in [0.15, 0.2) is 12.3 Å². The molecule has 2 heterocycles. The number of β-lactam (4-membered cyclic amide) rings is 1. The molecule has 1 aliphatic rings. The summed E-state index contributed by atoms with van der Waals surface area (Å²) in [6, 6.07) is 3.40. The van der Waals surface area contributed by atoms with E-state index in [1.807, 2.05) is 13.0 Å². The highest BCUT2D eigenvalue weighted by Crippen LogP contribution is 2.42. The second-order valence-corrected chi connectivity index (χ2v) is 6.61. The van der Waals surface area contributed by atoms with Gasteiger partial charge in [-0.15, -0.1) is 0 Å².